The molecule has 7 heteroatoms. The fraction of sp³-hybridized carbons (Fsp3) is 0.355. The van der Waals surface area contributed by atoms with Gasteiger partial charge < -0.3 is 19.7 Å². The van der Waals surface area contributed by atoms with Gasteiger partial charge in [0.25, 0.3) is 0 Å². The molecule has 1 N–H and O–H groups in total. The zero-order valence-corrected chi connectivity index (χ0v) is 22.1. The van der Waals surface area contributed by atoms with Crippen LogP contribution in [0.4, 0.5) is 5.69 Å². The summed E-state index contributed by atoms with van der Waals surface area (Å²) in [7, 11) is 1.81. The third kappa shape index (κ3) is 7.91. The van der Waals surface area contributed by atoms with Crippen molar-refractivity contribution in [2.24, 2.45) is 0 Å². The summed E-state index contributed by atoms with van der Waals surface area (Å²) < 4.78 is 11.6. The fourth-order valence-corrected chi connectivity index (χ4v) is 4.54. The molecule has 4 rings (SSSR count). The molecule has 0 saturated carbocycles. The Bertz CT molecular complexity index is 1140. The molecular weight excluding hydrogens is 478 g/mol. The van der Waals surface area contributed by atoms with Gasteiger partial charge in [-0.05, 0) is 48.2 Å². The lowest BCUT2D eigenvalue weighted by Crippen LogP contribution is -2.61. The Morgan fingerprint density at radius 3 is 2.32 bits per heavy atom. The van der Waals surface area contributed by atoms with E-state index < -0.39 is 6.04 Å². The van der Waals surface area contributed by atoms with Crippen molar-refractivity contribution < 1.29 is 19.1 Å². The molecule has 2 amide bonds. The van der Waals surface area contributed by atoms with Crippen molar-refractivity contribution >= 4 is 17.5 Å². The van der Waals surface area contributed by atoms with Gasteiger partial charge in [-0.25, -0.2) is 0 Å². The van der Waals surface area contributed by atoms with Crippen molar-refractivity contribution in [1.29, 1.82) is 0 Å². The van der Waals surface area contributed by atoms with Gasteiger partial charge in [-0.15, -0.1) is 0 Å². The van der Waals surface area contributed by atoms with Crippen LogP contribution in [0.25, 0.3) is 0 Å². The molecule has 7 nitrogen and oxygen atoms in total. The van der Waals surface area contributed by atoms with Gasteiger partial charge in [0, 0.05) is 32.2 Å². The predicted octanol–water partition coefficient (Wildman–Crippen LogP) is 4.07. The van der Waals surface area contributed by atoms with Crippen LogP contribution in [0.2, 0.25) is 0 Å². The lowest BCUT2D eigenvalue weighted by atomic mass is 10.1. The number of carbonyl (C=O) groups is 2. The number of carbonyl (C=O) groups excluding carboxylic acids is 2. The lowest BCUT2D eigenvalue weighted by Gasteiger charge is -2.37. The van der Waals surface area contributed by atoms with Gasteiger partial charge in [-0.3, -0.25) is 14.5 Å². The van der Waals surface area contributed by atoms with Gasteiger partial charge >= 0.3 is 0 Å². The van der Waals surface area contributed by atoms with Crippen LogP contribution in [0.3, 0.4) is 0 Å². The van der Waals surface area contributed by atoms with Crippen molar-refractivity contribution in [3.8, 4) is 5.75 Å². The highest BCUT2D eigenvalue weighted by molar-refractivity contribution is 6.02. The second-order valence-electron chi connectivity index (χ2n) is 9.49. The minimum Gasteiger partial charge on any atom is -0.494 e. The summed E-state index contributed by atoms with van der Waals surface area (Å²) in [6.07, 6.45) is 2.55. The first-order valence-corrected chi connectivity index (χ1v) is 13.3. The van der Waals surface area contributed by atoms with Crippen LogP contribution in [0, 0.1) is 0 Å². The van der Waals surface area contributed by atoms with Crippen LogP contribution in [0.5, 0.6) is 5.75 Å². The molecule has 0 spiro atoms. The summed E-state index contributed by atoms with van der Waals surface area (Å²) in [4.78, 5) is 29.5. The number of ether oxygens (including phenoxy) is 2. The highest BCUT2D eigenvalue weighted by atomic mass is 16.5. The summed E-state index contributed by atoms with van der Waals surface area (Å²) >= 11 is 0. The summed E-state index contributed by atoms with van der Waals surface area (Å²) in [6, 6.07) is 27.2. The number of nitrogens with one attached hydrogen (secondary N) is 1. The molecule has 1 heterocycles. The number of nitrogens with zero attached hydrogens (tertiary/aromatic N) is 2. The Labute approximate surface area is 225 Å². The molecule has 0 bridgehead atoms. The van der Waals surface area contributed by atoms with Crippen LogP contribution in [-0.2, 0) is 27.4 Å². The third-order valence-electron chi connectivity index (χ3n) is 6.59. The average Bonchev–Trinajstić information content (AvgIpc) is 2.96. The predicted molar refractivity (Wildman–Crippen MR) is 149 cm³/mol. The molecule has 3 aromatic rings. The van der Waals surface area contributed by atoms with Crippen molar-refractivity contribution in [2.45, 2.75) is 31.9 Å². The molecule has 0 unspecified atom stereocenters. The molecule has 1 aliphatic heterocycles. The number of hydrogen-bond donors (Lipinski definition) is 1. The van der Waals surface area contributed by atoms with E-state index >= 15 is 0 Å². The van der Waals surface area contributed by atoms with E-state index in [4.69, 9.17) is 9.47 Å². The van der Waals surface area contributed by atoms with Gasteiger partial charge in [0.05, 0.1) is 26.4 Å². The second kappa shape index (κ2) is 14.3. The maximum Gasteiger partial charge on any atom is 0.246 e. The molecule has 38 heavy (non-hydrogen) atoms. The van der Waals surface area contributed by atoms with Crippen LogP contribution in [0.15, 0.2) is 84.9 Å². The van der Waals surface area contributed by atoms with E-state index in [-0.39, 0.29) is 18.4 Å². The molecule has 0 aromatic heterocycles. The molecule has 3 aromatic carbocycles. The van der Waals surface area contributed by atoms with Gasteiger partial charge in [0.15, 0.2) is 0 Å². The normalized spacial score (nSPS) is 15.3. The second-order valence-corrected chi connectivity index (χ2v) is 9.49. The van der Waals surface area contributed by atoms with E-state index in [1.54, 1.807) is 9.80 Å². The van der Waals surface area contributed by atoms with E-state index in [9.17, 15) is 9.59 Å². The molecule has 0 aliphatic carbocycles. The zero-order chi connectivity index (χ0) is 26.6. The maximum absolute atomic E-state index is 13.3. The maximum atomic E-state index is 13.3. The standard InChI is InChI=1S/C31H37N3O4/c1-33(19-8-14-25-10-4-2-5-11-25)31(36)29-22-32-23-30(35)34(29)27-15-17-28(18-16-27)38-21-9-20-37-24-26-12-6-3-7-13-26/h2-7,10-13,15-18,29,32H,8-9,14,19-24H2,1H3/t29-/m1/s1. The number of hydrogen-bond acceptors (Lipinski definition) is 5. The summed E-state index contributed by atoms with van der Waals surface area (Å²) in [5.74, 6) is 0.547. The highest BCUT2D eigenvalue weighted by Crippen LogP contribution is 2.24. The Morgan fingerprint density at radius 1 is 0.921 bits per heavy atom. The van der Waals surface area contributed by atoms with Crippen molar-refractivity contribution in [1.82, 2.24) is 10.2 Å². The Balaban J connectivity index is 1.25. The molecule has 1 atom stereocenters. The minimum absolute atomic E-state index is 0.0607. The Kier molecular flexibility index (Phi) is 10.3. The molecule has 200 valence electrons. The number of benzene rings is 3. The molecule has 0 radical (unpaired) electrons. The smallest absolute Gasteiger partial charge is 0.246 e. The lowest BCUT2D eigenvalue weighted by molar-refractivity contribution is -0.134. The summed E-state index contributed by atoms with van der Waals surface area (Å²) in [5.41, 5.74) is 3.11. The topological polar surface area (TPSA) is 71.1 Å². The van der Waals surface area contributed by atoms with Gasteiger partial charge in [-0.1, -0.05) is 60.7 Å². The molecular formula is C31H37N3O4. The van der Waals surface area contributed by atoms with Gasteiger partial charge in [0.2, 0.25) is 11.8 Å². The van der Waals surface area contributed by atoms with E-state index in [0.717, 1.165) is 30.6 Å². The third-order valence-corrected chi connectivity index (χ3v) is 6.59. The van der Waals surface area contributed by atoms with E-state index in [1.807, 2.05) is 79.8 Å². The molecule has 1 fully saturated rings. The van der Waals surface area contributed by atoms with Crippen LogP contribution >= 0.6 is 0 Å². The number of aryl methyl sites for hydroxylation is 1. The number of rotatable bonds is 13. The molecule has 1 aliphatic rings. The quantitative estimate of drug-likeness (QED) is 0.348. The number of likely N-dealkylation sites (N-methyl/N-ethyl adjacent to an activating group) is 1. The highest BCUT2D eigenvalue weighted by Gasteiger charge is 2.35. The van der Waals surface area contributed by atoms with Crippen LogP contribution < -0.4 is 15.0 Å². The van der Waals surface area contributed by atoms with Crippen molar-refractivity contribution in [3.63, 3.8) is 0 Å². The Morgan fingerprint density at radius 2 is 1.61 bits per heavy atom. The van der Waals surface area contributed by atoms with Gasteiger partial charge in [0.1, 0.15) is 11.8 Å². The first-order chi connectivity index (χ1) is 18.6. The zero-order valence-electron chi connectivity index (χ0n) is 22.1. The number of piperazine rings is 1. The fourth-order valence-electron chi connectivity index (χ4n) is 4.54. The average molecular weight is 516 g/mol. The van der Waals surface area contributed by atoms with E-state index in [1.165, 1.54) is 5.56 Å². The molecule has 1 saturated heterocycles. The van der Waals surface area contributed by atoms with E-state index in [2.05, 4.69) is 17.4 Å². The van der Waals surface area contributed by atoms with Crippen LogP contribution in [-0.4, -0.2) is 62.7 Å². The number of anilines is 1. The van der Waals surface area contributed by atoms with Gasteiger partial charge in [-0.2, -0.15) is 0 Å². The van der Waals surface area contributed by atoms with Crippen molar-refractivity contribution in [3.05, 3.63) is 96.1 Å². The first-order valence-electron chi connectivity index (χ1n) is 13.3. The number of amides is 2. The summed E-state index contributed by atoms with van der Waals surface area (Å²) in [5, 5.41) is 3.09. The summed E-state index contributed by atoms with van der Waals surface area (Å²) in [6.45, 7) is 3.02. The van der Waals surface area contributed by atoms with E-state index in [0.29, 0.717) is 38.6 Å². The monoisotopic (exact) mass is 515 g/mol. The largest absolute Gasteiger partial charge is 0.494 e. The Hall–Kier alpha value is -3.68. The first kappa shape index (κ1) is 27.4. The SMILES string of the molecule is CN(CCCc1ccccc1)C(=O)[C@H]1CNCC(=O)N1c1ccc(OCCCOCc2ccccc2)cc1. The van der Waals surface area contributed by atoms with Crippen LogP contribution in [0.1, 0.15) is 24.0 Å². The minimum atomic E-state index is -0.577. The van der Waals surface area contributed by atoms with Crippen molar-refractivity contribution in [2.75, 3.05) is 44.8 Å².